The molecule has 0 spiro atoms. The summed E-state index contributed by atoms with van der Waals surface area (Å²) in [7, 11) is 0. The number of carbonyl (C=O) groups is 1. The third kappa shape index (κ3) is 3.73. The molecule has 0 aliphatic heterocycles. The number of rotatable bonds is 6. The molecule has 0 fully saturated rings. The van der Waals surface area contributed by atoms with E-state index in [4.69, 9.17) is 4.42 Å². The van der Waals surface area contributed by atoms with Gasteiger partial charge in [0.15, 0.2) is 5.76 Å². The van der Waals surface area contributed by atoms with Gasteiger partial charge in [-0.1, -0.05) is 60.7 Å². The van der Waals surface area contributed by atoms with Gasteiger partial charge in [-0.15, -0.1) is 0 Å². The normalized spacial score (nSPS) is 11.9. The Bertz CT molecular complexity index is 781. The van der Waals surface area contributed by atoms with E-state index in [0.29, 0.717) is 13.0 Å². The van der Waals surface area contributed by atoms with E-state index in [9.17, 15) is 9.90 Å². The van der Waals surface area contributed by atoms with Crippen molar-refractivity contribution >= 4 is 5.91 Å². The van der Waals surface area contributed by atoms with Crippen molar-refractivity contribution in [3.63, 3.8) is 0 Å². The molecule has 0 radical (unpaired) electrons. The molecule has 0 saturated heterocycles. The summed E-state index contributed by atoms with van der Waals surface area (Å²) in [6, 6.07) is 20.8. The molecule has 3 aromatic rings. The van der Waals surface area contributed by atoms with Gasteiger partial charge < -0.3 is 14.8 Å². The molecule has 2 aromatic carbocycles. The zero-order valence-corrected chi connectivity index (χ0v) is 13.2. The zero-order valence-electron chi connectivity index (χ0n) is 13.2. The third-order valence-electron chi connectivity index (χ3n) is 3.84. The Balaban J connectivity index is 1.60. The maximum absolute atomic E-state index is 12.3. The zero-order chi connectivity index (χ0) is 16.8. The van der Waals surface area contributed by atoms with Crippen molar-refractivity contribution in [1.29, 1.82) is 0 Å². The molecule has 0 aliphatic rings. The first kappa shape index (κ1) is 16.0. The number of nitrogens with one attached hydrogen (secondary N) is 1. The first-order valence-corrected chi connectivity index (χ1v) is 7.90. The van der Waals surface area contributed by atoms with Crippen LogP contribution in [0.2, 0.25) is 0 Å². The van der Waals surface area contributed by atoms with Crippen LogP contribution < -0.4 is 5.32 Å². The summed E-state index contributed by atoms with van der Waals surface area (Å²) in [5, 5.41) is 12.9. The van der Waals surface area contributed by atoms with Crippen LogP contribution in [0.1, 0.15) is 28.6 Å². The smallest absolute Gasteiger partial charge is 0.287 e. The summed E-state index contributed by atoms with van der Waals surface area (Å²) in [6.07, 6.45) is 1.35. The van der Waals surface area contributed by atoms with E-state index in [1.54, 1.807) is 6.07 Å². The summed E-state index contributed by atoms with van der Waals surface area (Å²) < 4.78 is 5.35. The van der Waals surface area contributed by atoms with Crippen LogP contribution in [0, 0.1) is 0 Å². The number of carbonyl (C=O) groups excluding carboxylic acids is 1. The van der Waals surface area contributed by atoms with Crippen molar-refractivity contribution in [3.8, 4) is 11.1 Å². The maximum atomic E-state index is 12.3. The standard InChI is InChI=1S/C20H19NO3/c22-18(16-9-5-2-6-10-16)11-13-21-20(23)19-17(12-14-24-19)15-7-3-1-4-8-15/h1-10,12,14,18,22H,11,13H2,(H,21,23). The number of aliphatic hydroxyl groups is 1. The van der Waals surface area contributed by atoms with Crippen molar-refractivity contribution in [3.05, 3.63) is 84.3 Å². The van der Waals surface area contributed by atoms with Gasteiger partial charge in [0, 0.05) is 12.1 Å². The van der Waals surface area contributed by atoms with E-state index in [1.807, 2.05) is 60.7 Å². The van der Waals surface area contributed by atoms with Crippen molar-refractivity contribution in [2.75, 3.05) is 6.54 Å². The molecule has 1 aromatic heterocycles. The van der Waals surface area contributed by atoms with Crippen LogP contribution in [-0.2, 0) is 0 Å². The highest BCUT2D eigenvalue weighted by Crippen LogP contribution is 2.24. The Kier molecular flexibility index (Phi) is 5.08. The minimum Gasteiger partial charge on any atom is -0.459 e. The van der Waals surface area contributed by atoms with Gasteiger partial charge in [0.1, 0.15) is 0 Å². The van der Waals surface area contributed by atoms with E-state index >= 15 is 0 Å². The lowest BCUT2D eigenvalue weighted by Gasteiger charge is -2.11. The molecule has 24 heavy (non-hydrogen) atoms. The van der Waals surface area contributed by atoms with Gasteiger partial charge in [-0.3, -0.25) is 4.79 Å². The SMILES string of the molecule is O=C(NCCC(O)c1ccccc1)c1occc1-c1ccccc1. The third-order valence-corrected chi connectivity index (χ3v) is 3.84. The molecule has 0 bridgehead atoms. The molecule has 3 rings (SSSR count). The van der Waals surface area contributed by atoms with Gasteiger partial charge in [-0.2, -0.15) is 0 Å². The van der Waals surface area contributed by atoms with E-state index < -0.39 is 6.10 Å². The van der Waals surface area contributed by atoms with Gasteiger partial charge in [-0.25, -0.2) is 0 Å². The van der Waals surface area contributed by atoms with E-state index in [0.717, 1.165) is 16.7 Å². The molecule has 0 saturated carbocycles. The highest BCUT2D eigenvalue weighted by Gasteiger charge is 2.16. The van der Waals surface area contributed by atoms with Crippen LogP contribution in [0.25, 0.3) is 11.1 Å². The predicted octanol–water partition coefficient (Wildman–Crippen LogP) is 3.80. The van der Waals surface area contributed by atoms with Crippen molar-refractivity contribution < 1.29 is 14.3 Å². The Labute approximate surface area is 140 Å². The second-order valence-electron chi connectivity index (χ2n) is 5.50. The fourth-order valence-electron chi connectivity index (χ4n) is 2.57. The van der Waals surface area contributed by atoms with Crippen LogP contribution in [0.4, 0.5) is 0 Å². The van der Waals surface area contributed by atoms with E-state index in [2.05, 4.69) is 5.32 Å². The van der Waals surface area contributed by atoms with E-state index in [-0.39, 0.29) is 11.7 Å². The lowest BCUT2D eigenvalue weighted by Crippen LogP contribution is -2.25. The number of hydrogen-bond donors (Lipinski definition) is 2. The Morgan fingerprint density at radius 2 is 1.67 bits per heavy atom. The van der Waals surface area contributed by atoms with Crippen LogP contribution in [-0.4, -0.2) is 17.6 Å². The number of furan rings is 1. The molecule has 0 aliphatic carbocycles. The molecule has 1 unspecified atom stereocenters. The molecule has 1 heterocycles. The molecule has 2 N–H and O–H groups in total. The minimum absolute atomic E-state index is 0.279. The van der Waals surface area contributed by atoms with Crippen LogP contribution in [0.15, 0.2) is 77.4 Å². The van der Waals surface area contributed by atoms with Crippen molar-refractivity contribution in [2.45, 2.75) is 12.5 Å². The summed E-state index contributed by atoms with van der Waals surface area (Å²) in [5.41, 5.74) is 2.53. The molecule has 4 heteroatoms. The van der Waals surface area contributed by atoms with Gasteiger partial charge in [-0.05, 0) is 23.6 Å². The first-order chi connectivity index (χ1) is 11.8. The largest absolute Gasteiger partial charge is 0.459 e. The lowest BCUT2D eigenvalue weighted by molar-refractivity contribution is 0.0916. The maximum Gasteiger partial charge on any atom is 0.287 e. The number of amides is 1. The molecule has 1 atom stereocenters. The average Bonchev–Trinajstić information content (AvgIpc) is 3.13. The first-order valence-electron chi connectivity index (χ1n) is 7.90. The van der Waals surface area contributed by atoms with Gasteiger partial charge in [0.2, 0.25) is 0 Å². The number of hydrogen-bond acceptors (Lipinski definition) is 3. The summed E-state index contributed by atoms with van der Waals surface area (Å²) in [4.78, 5) is 12.3. The highest BCUT2D eigenvalue weighted by molar-refractivity contribution is 5.98. The Morgan fingerprint density at radius 1 is 1.00 bits per heavy atom. The summed E-state index contributed by atoms with van der Waals surface area (Å²) >= 11 is 0. The van der Waals surface area contributed by atoms with E-state index in [1.165, 1.54) is 6.26 Å². The molecule has 4 nitrogen and oxygen atoms in total. The van der Waals surface area contributed by atoms with Gasteiger partial charge in [0.05, 0.1) is 12.4 Å². The predicted molar refractivity (Wildman–Crippen MR) is 92.5 cm³/mol. The van der Waals surface area contributed by atoms with Crippen molar-refractivity contribution in [1.82, 2.24) is 5.32 Å². The van der Waals surface area contributed by atoms with Crippen molar-refractivity contribution in [2.24, 2.45) is 0 Å². The molecule has 1 amide bonds. The summed E-state index contributed by atoms with van der Waals surface area (Å²) in [5.74, 6) is 0.00881. The Morgan fingerprint density at radius 3 is 2.38 bits per heavy atom. The number of aliphatic hydroxyl groups excluding tert-OH is 1. The topological polar surface area (TPSA) is 62.5 Å². The van der Waals surface area contributed by atoms with Gasteiger partial charge >= 0.3 is 0 Å². The fraction of sp³-hybridized carbons (Fsp3) is 0.150. The molecular weight excluding hydrogens is 302 g/mol. The molecular formula is C20H19NO3. The fourth-order valence-corrected chi connectivity index (χ4v) is 2.57. The second kappa shape index (κ2) is 7.62. The number of benzene rings is 2. The minimum atomic E-state index is -0.600. The van der Waals surface area contributed by atoms with Crippen LogP contribution in [0.5, 0.6) is 0 Å². The Hall–Kier alpha value is -2.85. The second-order valence-corrected chi connectivity index (χ2v) is 5.50. The summed E-state index contributed by atoms with van der Waals surface area (Å²) in [6.45, 7) is 0.365. The average molecular weight is 321 g/mol. The lowest BCUT2D eigenvalue weighted by atomic mass is 10.1. The monoisotopic (exact) mass is 321 g/mol. The van der Waals surface area contributed by atoms with Crippen LogP contribution >= 0.6 is 0 Å². The van der Waals surface area contributed by atoms with Gasteiger partial charge in [0.25, 0.3) is 5.91 Å². The molecule has 122 valence electrons. The quantitative estimate of drug-likeness (QED) is 0.726. The van der Waals surface area contributed by atoms with Crippen LogP contribution in [0.3, 0.4) is 0 Å². The highest BCUT2D eigenvalue weighted by atomic mass is 16.3.